The highest BCUT2D eigenvalue weighted by molar-refractivity contribution is 9.10. The normalized spacial score (nSPS) is 18.3. The molecular weight excluding hydrogens is 408 g/mol. The van der Waals surface area contributed by atoms with E-state index >= 15 is 0 Å². The smallest absolute Gasteiger partial charge is 0.253 e. The highest BCUT2D eigenvalue weighted by Gasteiger charge is 2.28. The van der Waals surface area contributed by atoms with E-state index in [1.807, 2.05) is 0 Å². The number of rotatable bonds is 3. The maximum atomic E-state index is 12.3. The Labute approximate surface area is 148 Å². The Morgan fingerprint density at radius 1 is 1.30 bits per heavy atom. The third kappa shape index (κ3) is 4.68. The Balaban J connectivity index is 2.01. The number of carbonyl (C=O) groups is 2. The van der Waals surface area contributed by atoms with Crippen LogP contribution in [0.2, 0.25) is 5.02 Å². The Morgan fingerprint density at radius 2 is 1.91 bits per heavy atom. The summed E-state index contributed by atoms with van der Waals surface area (Å²) in [4.78, 5) is 26.0. The first kappa shape index (κ1) is 18.2. The van der Waals surface area contributed by atoms with Crippen LogP contribution in [0.4, 0.5) is 0 Å². The number of carbonyl (C=O) groups excluding carboxylic acids is 2. The minimum Gasteiger partial charge on any atom is -0.340 e. The number of nitrogens with zero attached hydrogens (tertiary/aromatic N) is 1. The predicted octanol–water partition coefficient (Wildman–Crippen LogP) is 1.48. The SMILES string of the molecule is CC(NC(=O)c1cc(Br)ccc1Cl)C(=O)N1CCS(=O)(=O)CC1. The zero-order chi connectivity index (χ0) is 17.2. The van der Waals surface area contributed by atoms with Gasteiger partial charge in [-0.15, -0.1) is 0 Å². The molecule has 1 saturated heterocycles. The predicted molar refractivity (Wildman–Crippen MR) is 91.3 cm³/mol. The molecular formula is C14H16BrClN2O4S. The van der Waals surface area contributed by atoms with E-state index in [-0.39, 0.29) is 41.1 Å². The molecule has 0 spiro atoms. The van der Waals surface area contributed by atoms with Crippen molar-refractivity contribution in [1.29, 1.82) is 0 Å². The molecule has 1 heterocycles. The molecule has 1 atom stereocenters. The molecule has 1 aliphatic heterocycles. The van der Waals surface area contributed by atoms with Crippen molar-refractivity contribution in [2.24, 2.45) is 0 Å². The minimum atomic E-state index is -3.06. The zero-order valence-electron chi connectivity index (χ0n) is 12.4. The summed E-state index contributed by atoms with van der Waals surface area (Å²) in [5.74, 6) is -0.852. The number of sulfone groups is 1. The fraction of sp³-hybridized carbons (Fsp3) is 0.429. The van der Waals surface area contributed by atoms with Crippen LogP contribution in [0, 0.1) is 0 Å². The van der Waals surface area contributed by atoms with E-state index in [0.29, 0.717) is 4.47 Å². The van der Waals surface area contributed by atoms with Crippen LogP contribution < -0.4 is 5.32 Å². The molecule has 1 aliphatic rings. The summed E-state index contributed by atoms with van der Waals surface area (Å²) < 4.78 is 23.5. The van der Waals surface area contributed by atoms with E-state index < -0.39 is 21.8 Å². The van der Waals surface area contributed by atoms with Crippen molar-refractivity contribution in [3.63, 3.8) is 0 Å². The number of benzene rings is 1. The van der Waals surface area contributed by atoms with Crippen molar-refractivity contribution in [1.82, 2.24) is 10.2 Å². The molecule has 1 aromatic rings. The molecule has 1 unspecified atom stereocenters. The van der Waals surface area contributed by atoms with Crippen molar-refractivity contribution < 1.29 is 18.0 Å². The molecule has 1 fully saturated rings. The molecule has 0 bridgehead atoms. The summed E-state index contributed by atoms with van der Waals surface area (Å²) in [5.41, 5.74) is 0.266. The quantitative estimate of drug-likeness (QED) is 0.798. The number of nitrogens with one attached hydrogen (secondary N) is 1. The fourth-order valence-corrected chi connectivity index (χ4v) is 3.98. The van der Waals surface area contributed by atoms with Gasteiger partial charge >= 0.3 is 0 Å². The van der Waals surface area contributed by atoms with Crippen LogP contribution in [0.5, 0.6) is 0 Å². The first-order valence-electron chi connectivity index (χ1n) is 6.95. The average molecular weight is 424 g/mol. The molecule has 2 rings (SSSR count). The van der Waals surface area contributed by atoms with E-state index in [1.54, 1.807) is 25.1 Å². The van der Waals surface area contributed by atoms with Crippen molar-refractivity contribution in [2.45, 2.75) is 13.0 Å². The average Bonchev–Trinajstić information content (AvgIpc) is 2.48. The van der Waals surface area contributed by atoms with Crippen molar-refractivity contribution in [3.8, 4) is 0 Å². The van der Waals surface area contributed by atoms with Gasteiger partial charge in [0.25, 0.3) is 5.91 Å². The maximum Gasteiger partial charge on any atom is 0.253 e. The Hall–Kier alpha value is -1.12. The van der Waals surface area contributed by atoms with E-state index in [9.17, 15) is 18.0 Å². The second-order valence-corrected chi connectivity index (χ2v) is 8.92. The highest BCUT2D eigenvalue weighted by atomic mass is 79.9. The molecule has 0 radical (unpaired) electrons. The van der Waals surface area contributed by atoms with Crippen LogP contribution in [0.15, 0.2) is 22.7 Å². The summed E-state index contributed by atoms with van der Waals surface area (Å²) >= 11 is 9.25. The molecule has 6 nitrogen and oxygen atoms in total. The molecule has 0 aliphatic carbocycles. The summed E-state index contributed by atoms with van der Waals surface area (Å²) in [6.07, 6.45) is 0. The maximum absolute atomic E-state index is 12.3. The van der Waals surface area contributed by atoms with Gasteiger partial charge in [0.1, 0.15) is 6.04 Å². The first-order chi connectivity index (χ1) is 10.7. The molecule has 23 heavy (non-hydrogen) atoms. The van der Waals surface area contributed by atoms with E-state index in [4.69, 9.17) is 11.6 Å². The Morgan fingerprint density at radius 3 is 2.52 bits per heavy atom. The number of amides is 2. The molecule has 0 aromatic heterocycles. The number of hydrogen-bond acceptors (Lipinski definition) is 4. The van der Waals surface area contributed by atoms with Crippen LogP contribution in [0.3, 0.4) is 0 Å². The standard InChI is InChI=1S/C14H16BrClN2O4S/c1-9(14(20)18-4-6-23(21,22)7-5-18)17-13(19)11-8-10(15)2-3-12(11)16/h2-3,8-9H,4-7H2,1H3,(H,17,19). The molecule has 2 amide bonds. The summed E-state index contributed by atoms with van der Waals surface area (Å²) in [6, 6.07) is 4.10. The molecule has 0 saturated carbocycles. The number of hydrogen-bond donors (Lipinski definition) is 1. The van der Waals surface area contributed by atoms with Crippen LogP contribution in [0.1, 0.15) is 17.3 Å². The summed E-state index contributed by atoms with van der Waals surface area (Å²) in [6.45, 7) is 1.87. The largest absolute Gasteiger partial charge is 0.340 e. The second-order valence-electron chi connectivity index (χ2n) is 5.30. The zero-order valence-corrected chi connectivity index (χ0v) is 15.5. The van der Waals surface area contributed by atoms with Crippen LogP contribution in [-0.4, -0.2) is 55.8 Å². The van der Waals surface area contributed by atoms with Gasteiger partial charge in [-0.05, 0) is 25.1 Å². The third-order valence-electron chi connectivity index (χ3n) is 3.55. The third-order valence-corrected chi connectivity index (χ3v) is 5.98. The van der Waals surface area contributed by atoms with Gasteiger partial charge < -0.3 is 10.2 Å². The Bertz CT molecular complexity index is 724. The molecule has 126 valence electrons. The molecule has 1 N–H and O–H groups in total. The van der Waals surface area contributed by atoms with Crippen molar-refractivity contribution in [2.75, 3.05) is 24.6 Å². The summed E-state index contributed by atoms with van der Waals surface area (Å²) in [5, 5.41) is 2.88. The first-order valence-corrected chi connectivity index (χ1v) is 9.94. The molecule has 9 heteroatoms. The minimum absolute atomic E-state index is 0.0448. The fourth-order valence-electron chi connectivity index (χ4n) is 2.21. The van der Waals surface area contributed by atoms with Crippen molar-refractivity contribution >= 4 is 49.2 Å². The summed E-state index contributed by atoms with van der Waals surface area (Å²) in [7, 11) is -3.06. The second kappa shape index (κ2) is 7.19. The van der Waals surface area contributed by atoms with Gasteiger partial charge in [0.2, 0.25) is 5.91 Å². The van der Waals surface area contributed by atoms with E-state index in [0.717, 1.165) is 0 Å². The lowest BCUT2D eigenvalue weighted by Gasteiger charge is -2.29. The van der Waals surface area contributed by atoms with Gasteiger partial charge in [0.15, 0.2) is 9.84 Å². The monoisotopic (exact) mass is 422 g/mol. The van der Waals surface area contributed by atoms with Crippen LogP contribution >= 0.6 is 27.5 Å². The lowest BCUT2D eigenvalue weighted by Crippen LogP contribution is -2.51. The number of halogens is 2. The van der Waals surface area contributed by atoms with Gasteiger partial charge in [-0.2, -0.15) is 0 Å². The van der Waals surface area contributed by atoms with Gasteiger partial charge in [-0.25, -0.2) is 8.42 Å². The van der Waals surface area contributed by atoms with Crippen LogP contribution in [0.25, 0.3) is 0 Å². The van der Waals surface area contributed by atoms with Crippen molar-refractivity contribution in [3.05, 3.63) is 33.3 Å². The lowest BCUT2D eigenvalue weighted by atomic mass is 10.2. The Kier molecular flexibility index (Phi) is 5.70. The molecule has 1 aromatic carbocycles. The van der Waals surface area contributed by atoms with Gasteiger partial charge in [-0.3, -0.25) is 9.59 Å². The van der Waals surface area contributed by atoms with E-state index in [2.05, 4.69) is 21.2 Å². The highest BCUT2D eigenvalue weighted by Crippen LogP contribution is 2.21. The van der Waals surface area contributed by atoms with Gasteiger partial charge in [0.05, 0.1) is 22.1 Å². The topological polar surface area (TPSA) is 83.6 Å². The van der Waals surface area contributed by atoms with E-state index in [1.165, 1.54) is 4.90 Å². The lowest BCUT2D eigenvalue weighted by molar-refractivity contribution is -0.132. The van der Waals surface area contributed by atoms with Gasteiger partial charge in [-0.1, -0.05) is 27.5 Å². The van der Waals surface area contributed by atoms with Crippen LogP contribution in [-0.2, 0) is 14.6 Å². The van der Waals surface area contributed by atoms with Gasteiger partial charge in [0, 0.05) is 17.6 Å².